The predicted molar refractivity (Wildman–Crippen MR) is 84.6 cm³/mol. The minimum Gasteiger partial charge on any atom is -0.399 e. The quantitative estimate of drug-likeness (QED) is 0.517. The Morgan fingerprint density at radius 1 is 0.900 bits per heavy atom. The molecule has 106 valence electrons. The van der Waals surface area contributed by atoms with Crippen LogP contribution >= 0.6 is 0 Å². The van der Waals surface area contributed by atoms with E-state index in [0.29, 0.717) is 18.8 Å². The molecule has 0 saturated carbocycles. The normalized spacial score (nSPS) is 10.2. The largest absolute Gasteiger partial charge is 0.399 e. The van der Waals surface area contributed by atoms with Crippen molar-refractivity contribution in [1.29, 1.82) is 0 Å². The SMILES string of the molecule is Nc1ccc(NCc2cc(N)ccc2NCCO)cc1. The summed E-state index contributed by atoms with van der Waals surface area (Å²) < 4.78 is 0. The second-order valence-corrected chi connectivity index (χ2v) is 4.54. The topological polar surface area (TPSA) is 96.3 Å². The van der Waals surface area contributed by atoms with Crippen molar-refractivity contribution in [3.63, 3.8) is 0 Å². The molecule has 0 aliphatic carbocycles. The van der Waals surface area contributed by atoms with Gasteiger partial charge in [0, 0.05) is 35.8 Å². The van der Waals surface area contributed by atoms with Gasteiger partial charge in [0.15, 0.2) is 0 Å². The molecule has 0 aliphatic rings. The summed E-state index contributed by atoms with van der Waals surface area (Å²) in [5.74, 6) is 0. The Morgan fingerprint density at radius 2 is 1.60 bits per heavy atom. The second kappa shape index (κ2) is 6.68. The molecule has 0 atom stereocenters. The fourth-order valence-corrected chi connectivity index (χ4v) is 1.92. The molecule has 2 rings (SSSR count). The van der Waals surface area contributed by atoms with Gasteiger partial charge in [0.05, 0.1) is 6.61 Å². The zero-order valence-electron chi connectivity index (χ0n) is 11.3. The molecule has 0 aliphatic heterocycles. The first-order valence-corrected chi connectivity index (χ1v) is 6.51. The maximum Gasteiger partial charge on any atom is 0.0604 e. The number of hydrogen-bond acceptors (Lipinski definition) is 5. The fraction of sp³-hybridized carbons (Fsp3) is 0.200. The molecule has 0 radical (unpaired) electrons. The van der Waals surface area contributed by atoms with Crippen LogP contribution in [0.2, 0.25) is 0 Å². The maximum absolute atomic E-state index is 8.89. The van der Waals surface area contributed by atoms with E-state index >= 15 is 0 Å². The molecule has 20 heavy (non-hydrogen) atoms. The Bertz CT molecular complexity index is 554. The van der Waals surface area contributed by atoms with Crippen molar-refractivity contribution in [2.75, 3.05) is 35.3 Å². The van der Waals surface area contributed by atoms with Crippen molar-refractivity contribution in [1.82, 2.24) is 0 Å². The van der Waals surface area contributed by atoms with E-state index in [0.717, 1.165) is 22.6 Å². The molecule has 2 aromatic carbocycles. The highest BCUT2D eigenvalue weighted by Gasteiger charge is 2.03. The fourth-order valence-electron chi connectivity index (χ4n) is 1.92. The summed E-state index contributed by atoms with van der Waals surface area (Å²) in [6.45, 7) is 1.25. The van der Waals surface area contributed by atoms with E-state index in [1.165, 1.54) is 0 Å². The number of benzene rings is 2. The number of nitrogens with two attached hydrogens (primary N) is 2. The van der Waals surface area contributed by atoms with E-state index < -0.39 is 0 Å². The van der Waals surface area contributed by atoms with Crippen molar-refractivity contribution in [3.05, 3.63) is 48.0 Å². The first kappa shape index (κ1) is 14.0. The van der Waals surface area contributed by atoms with Crippen molar-refractivity contribution < 1.29 is 5.11 Å². The monoisotopic (exact) mass is 272 g/mol. The highest BCUT2D eigenvalue weighted by molar-refractivity contribution is 5.60. The van der Waals surface area contributed by atoms with E-state index in [-0.39, 0.29) is 6.61 Å². The third-order valence-corrected chi connectivity index (χ3v) is 2.95. The molecular formula is C15H20N4O. The number of hydrogen-bond donors (Lipinski definition) is 5. The van der Waals surface area contributed by atoms with Gasteiger partial charge in [0.1, 0.15) is 0 Å². The number of aliphatic hydroxyl groups excluding tert-OH is 1. The zero-order valence-corrected chi connectivity index (χ0v) is 11.3. The van der Waals surface area contributed by atoms with Crippen LogP contribution < -0.4 is 22.1 Å². The van der Waals surface area contributed by atoms with Gasteiger partial charge < -0.3 is 27.2 Å². The van der Waals surface area contributed by atoms with Crippen LogP contribution in [0.3, 0.4) is 0 Å². The van der Waals surface area contributed by atoms with Crippen LogP contribution in [-0.2, 0) is 6.54 Å². The summed E-state index contributed by atoms with van der Waals surface area (Å²) in [6.07, 6.45) is 0. The lowest BCUT2D eigenvalue weighted by Crippen LogP contribution is -2.10. The molecule has 0 saturated heterocycles. The van der Waals surface area contributed by atoms with Crippen LogP contribution in [0.15, 0.2) is 42.5 Å². The molecule has 0 fully saturated rings. The third-order valence-electron chi connectivity index (χ3n) is 2.95. The average Bonchev–Trinajstić information content (AvgIpc) is 2.46. The van der Waals surface area contributed by atoms with E-state index in [9.17, 15) is 0 Å². The van der Waals surface area contributed by atoms with Gasteiger partial charge in [-0.3, -0.25) is 0 Å². The Kier molecular flexibility index (Phi) is 4.68. The molecule has 5 heteroatoms. The number of anilines is 4. The van der Waals surface area contributed by atoms with Gasteiger partial charge in [-0.25, -0.2) is 0 Å². The number of rotatable bonds is 6. The van der Waals surface area contributed by atoms with Crippen molar-refractivity contribution in [3.8, 4) is 0 Å². The summed E-state index contributed by atoms with van der Waals surface area (Å²) in [5, 5.41) is 15.4. The standard InChI is InChI=1S/C15H20N4O/c16-12-1-4-14(5-2-12)19-10-11-9-13(17)3-6-15(11)18-7-8-20/h1-6,9,18-20H,7-8,10,16-17H2. The van der Waals surface area contributed by atoms with Crippen LogP contribution in [0.5, 0.6) is 0 Å². The molecule has 0 aromatic heterocycles. The van der Waals surface area contributed by atoms with Gasteiger partial charge in [-0.1, -0.05) is 0 Å². The highest BCUT2D eigenvalue weighted by atomic mass is 16.3. The van der Waals surface area contributed by atoms with E-state index in [4.69, 9.17) is 16.6 Å². The molecule has 0 unspecified atom stereocenters. The molecule has 0 heterocycles. The summed E-state index contributed by atoms with van der Waals surface area (Å²) in [6, 6.07) is 13.3. The van der Waals surface area contributed by atoms with Gasteiger partial charge in [-0.15, -0.1) is 0 Å². The molecular weight excluding hydrogens is 252 g/mol. The molecule has 5 nitrogen and oxygen atoms in total. The lowest BCUT2D eigenvalue weighted by Gasteiger charge is -2.14. The van der Waals surface area contributed by atoms with Crippen LogP contribution in [0.25, 0.3) is 0 Å². The van der Waals surface area contributed by atoms with Gasteiger partial charge in [-0.2, -0.15) is 0 Å². The highest BCUT2D eigenvalue weighted by Crippen LogP contribution is 2.20. The number of nitrogens with one attached hydrogen (secondary N) is 2. The molecule has 2 aromatic rings. The summed E-state index contributed by atoms with van der Waals surface area (Å²) in [7, 11) is 0. The van der Waals surface area contributed by atoms with Gasteiger partial charge >= 0.3 is 0 Å². The first-order chi connectivity index (χ1) is 9.69. The first-order valence-electron chi connectivity index (χ1n) is 6.51. The molecule has 0 amide bonds. The van der Waals surface area contributed by atoms with Gasteiger partial charge in [0.2, 0.25) is 0 Å². The lowest BCUT2D eigenvalue weighted by molar-refractivity contribution is 0.311. The van der Waals surface area contributed by atoms with Crippen LogP contribution in [0.4, 0.5) is 22.7 Å². The summed E-state index contributed by atoms with van der Waals surface area (Å²) >= 11 is 0. The maximum atomic E-state index is 8.89. The minimum atomic E-state index is 0.0925. The predicted octanol–water partition coefficient (Wildman–Crippen LogP) is 1.87. The van der Waals surface area contributed by atoms with Crippen molar-refractivity contribution in [2.45, 2.75) is 6.54 Å². The Labute approximate surface area is 118 Å². The molecule has 0 spiro atoms. The minimum absolute atomic E-state index is 0.0925. The van der Waals surface area contributed by atoms with Crippen LogP contribution in [0.1, 0.15) is 5.56 Å². The second-order valence-electron chi connectivity index (χ2n) is 4.54. The lowest BCUT2D eigenvalue weighted by atomic mass is 10.1. The zero-order chi connectivity index (χ0) is 14.4. The van der Waals surface area contributed by atoms with Gasteiger partial charge in [-0.05, 0) is 48.0 Å². The van der Waals surface area contributed by atoms with Crippen LogP contribution in [-0.4, -0.2) is 18.3 Å². The van der Waals surface area contributed by atoms with E-state index in [1.807, 2.05) is 42.5 Å². The van der Waals surface area contributed by atoms with Crippen LogP contribution in [0, 0.1) is 0 Å². The smallest absolute Gasteiger partial charge is 0.0604 e. The summed E-state index contributed by atoms with van der Waals surface area (Å²) in [5.41, 5.74) is 16.0. The van der Waals surface area contributed by atoms with E-state index in [1.54, 1.807) is 0 Å². The van der Waals surface area contributed by atoms with Crippen molar-refractivity contribution >= 4 is 22.7 Å². The number of aliphatic hydroxyl groups is 1. The van der Waals surface area contributed by atoms with Crippen molar-refractivity contribution in [2.24, 2.45) is 0 Å². The third kappa shape index (κ3) is 3.80. The number of nitrogen functional groups attached to an aromatic ring is 2. The Balaban J connectivity index is 2.07. The molecule has 7 N–H and O–H groups in total. The Morgan fingerprint density at radius 3 is 2.30 bits per heavy atom. The molecule has 0 bridgehead atoms. The summed E-state index contributed by atoms with van der Waals surface area (Å²) in [4.78, 5) is 0. The van der Waals surface area contributed by atoms with E-state index in [2.05, 4.69) is 10.6 Å². The average molecular weight is 272 g/mol. The Hall–Kier alpha value is -2.40. The van der Waals surface area contributed by atoms with Gasteiger partial charge in [0.25, 0.3) is 0 Å².